The summed E-state index contributed by atoms with van der Waals surface area (Å²) in [4.78, 5) is 14.3. The second-order valence-electron chi connectivity index (χ2n) is 6.83. The fourth-order valence-corrected chi connectivity index (χ4v) is 3.91. The zero-order valence-corrected chi connectivity index (χ0v) is 14.4. The Bertz CT molecular complexity index is 578. The minimum absolute atomic E-state index is 0.238. The number of halogens is 1. The first-order chi connectivity index (χ1) is 11.0. The van der Waals surface area contributed by atoms with E-state index in [9.17, 15) is 4.79 Å². The van der Waals surface area contributed by atoms with Gasteiger partial charge < -0.3 is 15.4 Å². The van der Waals surface area contributed by atoms with E-state index >= 15 is 0 Å². The Labute approximate surface area is 142 Å². The molecule has 0 spiro atoms. The number of carbonyl (C=O) groups is 1. The summed E-state index contributed by atoms with van der Waals surface area (Å²) in [5.74, 6) is 2.19. The van der Waals surface area contributed by atoms with E-state index in [-0.39, 0.29) is 11.9 Å². The number of benzene rings is 1. The molecule has 0 bridgehead atoms. The van der Waals surface area contributed by atoms with Gasteiger partial charge in [0.15, 0.2) is 0 Å². The third-order valence-corrected chi connectivity index (χ3v) is 5.62. The molecular formula is C18H25ClN2O2. The lowest BCUT2D eigenvalue weighted by Gasteiger charge is -2.18. The fraction of sp³-hybridized carbons (Fsp3) is 0.611. The molecule has 3 atom stereocenters. The highest BCUT2D eigenvalue weighted by Crippen LogP contribution is 2.37. The summed E-state index contributed by atoms with van der Waals surface area (Å²) in [7, 11) is 0. The lowest BCUT2D eigenvalue weighted by atomic mass is 9.98. The van der Waals surface area contributed by atoms with Crippen LogP contribution in [0.4, 0.5) is 0 Å². The van der Waals surface area contributed by atoms with Crippen molar-refractivity contribution in [1.82, 2.24) is 4.90 Å². The van der Waals surface area contributed by atoms with Crippen molar-refractivity contribution in [3.05, 3.63) is 28.8 Å². The Morgan fingerprint density at radius 2 is 2.22 bits per heavy atom. The number of likely N-dealkylation sites (tertiary alicyclic amines) is 1. The van der Waals surface area contributed by atoms with E-state index in [1.807, 2.05) is 30.0 Å². The van der Waals surface area contributed by atoms with E-state index in [0.717, 1.165) is 42.3 Å². The summed E-state index contributed by atoms with van der Waals surface area (Å²) in [6.45, 7) is 4.25. The molecule has 126 valence electrons. The highest BCUT2D eigenvalue weighted by molar-refractivity contribution is 6.31. The van der Waals surface area contributed by atoms with Crippen LogP contribution >= 0.6 is 11.6 Å². The molecule has 1 aromatic carbocycles. The van der Waals surface area contributed by atoms with Crippen molar-refractivity contribution in [2.75, 3.05) is 19.7 Å². The lowest BCUT2D eigenvalue weighted by Crippen LogP contribution is -2.33. The molecule has 3 rings (SSSR count). The van der Waals surface area contributed by atoms with Gasteiger partial charge in [-0.25, -0.2) is 0 Å². The Balaban J connectivity index is 1.39. The number of fused-ring (bicyclic) bond motifs is 1. The molecule has 1 heterocycles. The first-order valence-corrected chi connectivity index (χ1v) is 8.84. The van der Waals surface area contributed by atoms with Crippen molar-refractivity contribution >= 4 is 17.5 Å². The molecular weight excluding hydrogens is 312 g/mol. The molecule has 23 heavy (non-hydrogen) atoms. The van der Waals surface area contributed by atoms with Crippen LogP contribution in [0.2, 0.25) is 5.02 Å². The van der Waals surface area contributed by atoms with Gasteiger partial charge in [0.1, 0.15) is 5.75 Å². The van der Waals surface area contributed by atoms with Crippen molar-refractivity contribution in [2.45, 2.75) is 38.6 Å². The minimum Gasteiger partial charge on any atom is -0.494 e. The molecule has 2 N–H and O–H groups in total. The highest BCUT2D eigenvalue weighted by Gasteiger charge is 2.42. The maximum atomic E-state index is 12.3. The van der Waals surface area contributed by atoms with Gasteiger partial charge in [0, 0.05) is 30.6 Å². The van der Waals surface area contributed by atoms with Gasteiger partial charge in [-0.15, -0.1) is 0 Å². The highest BCUT2D eigenvalue weighted by atomic mass is 35.5. The van der Waals surface area contributed by atoms with Gasteiger partial charge in [-0.2, -0.15) is 0 Å². The predicted molar refractivity (Wildman–Crippen MR) is 91.7 cm³/mol. The quantitative estimate of drug-likeness (QED) is 0.841. The molecule has 1 aromatic rings. The van der Waals surface area contributed by atoms with Crippen LogP contribution in [-0.4, -0.2) is 36.5 Å². The smallest absolute Gasteiger partial charge is 0.222 e. The zero-order chi connectivity index (χ0) is 16.4. The Hall–Kier alpha value is -1.26. The van der Waals surface area contributed by atoms with Gasteiger partial charge in [-0.1, -0.05) is 11.6 Å². The van der Waals surface area contributed by atoms with Crippen molar-refractivity contribution in [1.29, 1.82) is 0 Å². The third kappa shape index (κ3) is 3.81. The van der Waals surface area contributed by atoms with Crippen LogP contribution in [0.25, 0.3) is 0 Å². The number of aryl methyl sites for hydroxylation is 1. The maximum Gasteiger partial charge on any atom is 0.222 e. The minimum atomic E-state index is 0.238. The topological polar surface area (TPSA) is 55.6 Å². The second kappa shape index (κ2) is 7.10. The van der Waals surface area contributed by atoms with E-state index in [1.54, 1.807) is 0 Å². The molecule has 2 fully saturated rings. The molecule has 1 aliphatic carbocycles. The molecule has 0 aromatic heterocycles. The number of carbonyl (C=O) groups excluding carboxylic acids is 1. The average molecular weight is 337 g/mol. The van der Waals surface area contributed by atoms with Crippen molar-refractivity contribution in [3.8, 4) is 5.75 Å². The zero-order valence-electron chi connectivity index (χ0n) is 13.6. The van der Waals surface area contributed by atoms with Crippen LogP contribution in [0.5, 0.6) is 5.75 Å². The number of hydrogen-bond donors (Lipinski definition) is 1. The number of amides is 1. The summed E-state index contributed by atoms with van der Waals surface area (Å²) in [6, 6.07) is 5.91. The fourth-order valence-electron chi connectivity index (χ4n) is 3.79. The van der Waals surface area contributed by atoms with Gasteiger partial charge >= 0.3 is 0 Å². The average Bonchev–Trinajstić information content (AvgIpc) is 3.09. The van der Waals surface area contributed by atoms with E-state index in [1.165, 1.54) is 6.42 Å². The normalized spacial score (nSPS) is 26.4. The standard InChI is InChI=1S/C18H25ClN2O2/c1-12-9-14(5-6-16(12)19)23-8-2-3-18(22)21-10-13-4-7-17(20)15(13)11-21/h5-6,9,13,15,17H,2-4,7-8,10-11,20H2,1H3. The van der Waals surface area contributed by atoms with Gasteiger partial charge in [0.25, 0.3) is 0 Å². The largest absolute Gasteiger partial charge is 0.494 e. The predicted octanol–water partition coefficient (Wildman–Crippen LogP) is 3.00. The summed E-state index contributed by atoms with van der Waals surface area (Å²) in [5, 5.41) is 0.741. The van der Waals surface area contributed by atoms with Crippen LogP contribution in [0.1, 0.15) is 31.2 Å². The second-order valence-corrected chi connectivity index (χ2v) is 7.23. The molecule has 3 unspecified atom stereocenters. The first kappa shape index (κ1) is 16.6. The van der Waals surface area contributed by atoms with E-state index in [2.05, 4.69) is 0 Å². The van der Waals surface area contributed by atoms with Crippen LogP contribution < -0.4 is 10.5 Å². The number of ether oxygens (including phenoxy) is 1. The molecule has 1 saturated carbocycles. The summed E-state index contributed by atoms with van der Waals surface area (Å²) < 4.78 is 5.70. The first-order valence-electron chi connectivity index (χ1n) is 8.47. The number of nitrogens with zero attached hydrogens (tertiary/aromatic N) is 1. The lowest BCUT2D eigenvalue weighted by molar-refractivity contribution is -0.130. The molecule has 5 heteroatoms. The van der Waals surface area contributed by atoms with Crippen molar-refractivity contribution in [3.63, 3.8) is 0 Å². The van der Waals surface area contributed by atoms with Gasteiger partial charge in [0.2, 0.25) is 5.91 Å². The Morgan fingerprint density at radius 1 is 1.39 bits per heavy atom. The molecule has 4 nitrogen and oxygen atoms in total. The van der Waals surface area contributed by atoms with E-state index < -0.39 is 0 Å². The summed E-state index contributed by atoms with van der Waals surface area (Å²) >= 11 is 5.99. The Morgan fingerprint density at radius 3 is 2.96 bits per heavy atom. The van der Waals surface area contributed by atoms with Gasteiger partial charge in [-0.3, -0.25) is 4.79 Å². The summed E-state index contributed by atoms with van der Waals surface area (Å²) in [5.41, 5.74) is 7.12. The maximum absolute atomic E-state index is 12.3. The van der Waals surface area contributed by atoms with Crippen molar-refractivity contribution < 1.29 is 9.53 Å². The molecule has 0 radical (unpaired) electrons. The number of nitrogens with two attached hydrogens (primary N) is 1. The molecule has 1 saturated heterocycles. The third-order valence-electron chi connectivity index (χ3n) is 5.20. The van der Waals surface area contributed by atoms with Gasteiger partial charge in [-0.05, 0) is 61.8 Å². The van der Waals surface area contributed by atoms with Gasteiger partial charge in [0.05, 0.1) is 6.61 Å². The molecule has 1 aliphatic heterocycles. The van der Waals surface area contributed by atoms with Crippen LogP contribution in [-0.2, 0) is 4.79 Å². The van der Waals surface area contributed by atoms with Crippen molar-refractivity contribution in [2.24, 2.45) is 17.6 Å². The molecule has 2 aliphatic rings. The Kier molecular flexibility index (Phi) is 5.12. The number of hydrogen-bond acceptors (Lipinski definition) is 3. The number of rotatable bonds is 5. The van der Waals surface area contributed by atoms with Crippen LogP contribution in [0, 0.1) is 18.8 Å². The van der Waals surface area contributed by atoms with Crippen LogP contribution in [0.3, 0.4) is 0 Å². The van der Waals surface area contributed by atoms with E-state index in [4.69, 9.17) is 22.1 Å². The SMILES string of the molecule is Cc1cc(OCCCC(=O)N2CC3CCC(N)C3C2)ccc1Cl. The van der Waals surface area contributed by atoms with E-state index in [0.29, 0.717) is 24.9 Å². The monoisotopic (exact) mass is 336 g/mol. The molecule has 1 amide bonds. The summed E-state index contributed by atoms with van der Waals surface area (Å²) in [6.07, 6.45) is 3.57. The van der Waals surface area contributed by atoms with Crippen LogP contribution in [0.15, 0.2) is 18.2 Å².